The third kappa shape index (κ3) is 10.3. The van der Waals surface area contributed by atoms with Crippen LogP contribution < -0.4 is 10.2 Å². The number of rotatable bonds is 6. The zero-order valence-corrected chi connectivity index (χ0v) is 39.4. The third-order valence-electron chi connectivity index (χ3n) is 9.49. The Hall–Kier alpha value is -1.67. The first-order chi connectivity index (χ1) is 22.4. The molecule has 3 rings (SSSR count). The molecule has 0 unspecified atom stereocenters. The van der Waals surface area contributed by atoms with Crippen molar-refractivity contribution in [1.82, 2.24) is 0 Å². The monoisotopic (exact) mass is 825 g/mol. The van der Waals surface area contributed by atoms with Gasteiger partial charge in [-0.05, 0) is 0 Å². The molecule has 6 heteroatoms. The van der Waals surface area contributed by atoms with Gasteiger partial charge in [0, 0.05) is 0 Å². The van der Waals surface area contributed by atoms with Gasteiger partial charge >= 0.3 is 324 Å². The van der Waals surface area contributed by atoms with Crippen molar-refractivity contribution in [2.45, 2.75) is 178 Å². The van der Waals surface area contributed by atoms with Crippen molar-refractivity contribution in [2.75, 3.05) is 0 Å². The van der Waals surface area contributed by atoms with Gasteiger partial charge in [-0.25, -0.2) is 0 Å². The van der Waals surface area contributed by atoms with Gasteiger partial charge in [0.2, 0.25) is 0 Å². The Morgan fingerprint density at radius 2 is 0.549 bits per heavy atom. The van der Waals surface area contributed by atoms with Crippen LogP contribution in [0.2, 0.25) is 0 Å². The van der Waals surface area contributed by atoms with Crippen LogP contribution in [-0.2, 0) is 46.4 Å². The number of hydrogen-bond donors (Lipinski definition) is 0. The Kier molecular flexibility index (Phi) is 11.6. The molecule has 0 aliphatic heterocycles. The van der Waals surface area contributed by atoms with Crippen LogP contribution in [0.5, 0.6) is 17.2 Å². The average Bonchev–Trinajstić information content (AvgIpc) is 2.88. The van der Waals surface area contributed by atoms with E-state index in [-0.39, 0.29) is 32.5 Å². The molecule has 0 aliphatic rings. The maximum absolute atomic E-state index is 7.96. The summed E-state index contributed by atoms with van der Waals surface area (Å²) in [6, 6.07) is 13.2. The Bertz CT molecular complexity index is 1570. The van der Waals surface area contributed by atoms with Crippen LogP contribution in [0.4, 0.5) is 0 Å². The SMILES string of the molecule is Cc1cc(C(C)(C)C)cc(C(C)(C)C)c1[O][Mo]([Cl])([Cl])([O]c1c(C)cc(C(C)(C)C)cc1C(C)(C)C)[O]c1c(C)cc(C(C)(C)C)cc1C(C)(C)C. The molecule has 0 fully saturated rings. The van der Waals surface area contributed by atoms with Crippen LogP contribution in [0.25, 0.3) is 0 Å². The predicted molar refractivity (Wildman–Crippen MR) is 219 cm³/mol. The van der Waals surface area contributed by atoms with E-state index in [4.69, 9.17) is 29.0 Å². The van der Waals surface area contributed by atoms with E-state index in [1.165, 1.54) is 16.7 Å². The van der Waals surface area contributed by atoms with Crippen molar-refractivity contribution in [1.29, 1.82) is 0 Å². The summed E-state index contributed by atoms with van der Waals surface area (Å²) in [6.45, 7) is 45.9. The first-order valence-corrected chi connectivity index (χ1v) is 26.0. The quantitative estimate of drug-likeness (QED) is 0.232. The molecule has 0 heterocycles. The van der Waals surface area contributed by atoms with Crippen LogP contribution in [0.1, 0.15) is 175 Å². The summed E-state index contributed by atoms with van der Waals surface area (Å²) in [7, 11) is 15.9. The van der Waals surface area contributed by atoms with E-state index in [0.717, 1.165) is 33.4 Å². The number of hydrogen-bond acceptors (Lipinski definition) is 3. The van der Waals surface area contributed by atoms with E-state index < -0.39 is 13.9 Å². The second kappa shape index (κ2) is 13.6. The zero-order valence-electron chi connectivity index (χ0n) is 35.9. The average molecular weight is 825 g/mol. The first-order valence-electron chi connectivity index (χ1n) is 18.4. The zero-order chi connectivity index (χ0) is 39.7. The van der Waals surface area contributed by atoms with Crippen LogP contribution in [0.3, 0.4) is 0 Å². The van der Waals surface area contributed by atoms with Gasteiger partial charge in [-0.1, -0.05) is 0 Å². The van der Waals surface area contributed by atoms with Crippen molar-refractivity contribution in [3.8, 4) is 17.2 Å². The van der Waals surface area contributed by atoms with Gasteiger partial charge in [0.05, 0.1) is 0 Å². The molecule has 287 valence electrons. The molecule has 3 aromatic carbocycles. The topological polar surface area (TPSA) is 27.7 Å². The van der Waals surface area contributed by atoms with E-state index >= 15 is 0 Å². The van der Waals surface area contributed by atoms with Gasteiger partial charge in [0.15, 0.2) is 0 Å². The Labute approximate surface area is 322 Å². The molecular formula is C45H69Cl2MoO3. The van der Waals surface area contributed by atoms with Gasteiger partial charge in [-0.2, -0.15) is 0 Å². The molecule has 0 radical (unpaired) electrons. The molecule has 0 bridgehead atoms. The second-order valence-electron chi connectivity index (χ2n) is 20.9. The van der Waals surface area contributed by atoms with Crippen molar-refractivity contribution in [3.63, 3.8) is 0 Å². The van der Waals surface area contributed by atoms with E-state index in [2.05, 4.69) is 182 Å². The molecular weight excluding hydrogens is 755 g/mol. The standard InChI is InChI=1S/3C15H24O.2ClH.Mo/c3*1-10-8-11(14(2,3)4)9-12(13(10)16)15(5,6)7;;;/h3*8-9,16H,1-7H3;2*1H;/q;;;;;+5/p-5. The fourth-order valence-electron chi connectivity index (χ4n) is 6.07. The minimum absolute atomic E-state index is 0.0734. The van der Waals surface area contributed by atoms with Crippen LogP contribution >= 0.6 is 18.8 Å². The number of aryl methyl sites for hydroxylation is 3. The van der Waals surface area contributed by atoms with Crippen LogP contribution in [-0.4, -0.2) is 0 Å². The van der Waals surface area contributed by atoms with Crippen LogP contribution in [0, 0.1) is 20.8 Å². The van der Waals surface area contributed by atoms with Gasteiger partial charge < -0.3 is 0 Å². The summed E-state index contributed by atoms with van der Waals surface area (Å²) in [5, 5.41) is 0. The summed E-state index contributed by atoms with van der Waals surface area (Å²) < 4.78 is 21.5. The number of benzene rings is 3. The molecule has 0 aliphatic carbocycles. The summed E-state index contributed by atoms with van der Waals surface area (Å²) in [4.78, 5) is 0. The molecule has 51 heavy (non-hydrogen) atoms. The normalized spacial score (nSPS) is 14.6. The van der Waals surface area contributed by atoms with Gasteiger partial charge in [0.25, 0.3) is 0 Å². The molecule has 0 saturated carbocycles. The molecule has 0 saturated heterocycles. The van der Waals surface area contributed by atoms with Crippen molar-refractivity contribution >= 4 is 18.8 Å². The minimum atomic E-state index is -6.17. The van der Waals surface area contributed by atoms with Crippen molar-refractivity contribution < 1.29 is 24.0 Å². The third-order valence-corrected chi connectivity index (χ3v) is 14.9. The number of halogens is 2. The molecule has 0 aromatic heterocycles. The summed E-state index contributed by atoms with van der Waals surface area (Å²) >= 11 is -6.17. The molecule has 3 aromatic rings. The van der Waals surface area contributed by atoms with Gasteiger partial charge in [-0.3, -0.25) is 0 Å². The molecule has 3 nitrogen and oxygen atoms in total. The van der Waals surface area contributed by atoms with E-state index in [1.807, 2.05) is 0 Å². The van der Waals surface area contributed by atoms with E-state index in [0.29, 0.717) is 17.2 Å². The van der Waals surface area contributed by atoms with E-state index in [1.54, 1.807) is 0 Å². The van der Waals surface area contributed by atoms with Gasteiger partial charge in [-0.15, -0.1) is 0 Å². The Morgan fingerprint density at radius 3 is 0.706 bits per heavy atom. The molecule has 0 N–H and O–H groups in total. The second-order valence-corrected chi connectivity index (χ2v) is 32.5. The maximum atomic E-state index is 7.96. The fraction of sp³-hybridized carbons (Fsp3) is 0.600. The summed E-state index contributed by atoms with van der Waals surface area (Å²) in [5.74, 6) is 1.84. The fourth-order valence-corrected chi connectivity index (χ4v) is 12.1. The Balaban J connectivity index is 2.52. The van der Waals surface area contributed by atoms with Crippen molar-refractivity contribution in [3.05, 3.63) is 86.5 Å². The molecule has 0 amide bonds. The molecule has 0 atom stereocenters. The molecule has 0 spiro atoms. The summed E-state index contributed by atoms with van der Waals surface area (Å²) in [6.07, 6.45) is 0. The Morgan fingerprint density at radius 1 is 0.353 bits per heavy atom. The predicted octanol–water partition coefficient (Wildman–Crippen LogP) is 14.7. The first kappa shape index (κ1) is 43.7. The van der Waals surface area contributed by atoms with E-state index in [9.17, 15) is 0 Å². The van der Waals surface area contributed by atoms with Crippen molar-refractivity contribution in [2.24, 2.45) is 0 Å². The van der Waals surface area contributed by atoms with Gasteiger partial charge in [0.1, 0.15) is 0 Å². The van der Waals surface area contributed by atoms with Crippen LogP contribution in [0.15, 0.2) is 36.4 Å². The summed E-state index contributed by atoms with van der Waals surface area (Å²) in [5.41, 5.74) is 8.34.